The van der Waals surface area contributed by atoms with Crippen molar-refractivity contribution in [3.05, 3.63) is 18.7 Å². The molecule has 0 saturated carbocycles. The molecule has 1 heterocycles. The lowest BCUT2D eigenvalue weighted by Gasteiger charge is -2.19. The van der Waals surface area contributed by atoms with Crippen LogP contribution in [-0.4, -0.2) is 39.5 Å². The van der Waals surface area contributed by atoms with E-state index in [0.717, 1.165) is 0 Å². The summed E-state index contributed by atoms with van der Waals surface area (Å²) in [5.41, 5.74) is 0. The summed E-state index contributed by atoms with van der Waals surface area (Å²) in [7, 11) is -3.65. The van der Waals surface area contributed by atoms with Crippen LogP contribution in [0.3, 0.4) is 0 Å². The van der Waals surface area contributed by atoms with Crippen LogP contribution in [0.2, 0.25) is 0 Å². The Morgan fingerprint density at radius 3 is 2.59 bits per heavy atom. The van der Waals surface area contributed by atoms with Gasteiger partial charge in [0.1, 0.15) is 0 Å². The zero-order valence-electron chi connectivity index (χ0n) is 9.83. The van der Waals surface area contributed by atoms with Gasteiger partial charge in [0.05, 0.1) is 12.1 Å². The van der Waals surface area contributed by atoms with Gasteiger partial charge in [-0.1, -0.05) is 0 Å². The molecule has 7 heteroatoms. The number of nitrogens with zero attached hydrogens (tertiary/aromatic N) is 2. The predicted molar refractivity (Wildman–Crippen MR) is 62.3 cm³/mol. The van der Waals surface area contributed by atoms with E-state index in [4.69, 9.17) is 5.11 Å². The van der Waals surface area contributed by atoms with Gasteiger partial charge in [0.25, 0.3) is 0 Å². The van der Waals surface area contributed by atoms with Crippen LogP contribution in [0.15, 0.2) is 18.7 Å². The fourth-order valence-corrected chi connectivity index (χ4v) is 2.53. The Kier molecular flexibility index (Phi) is 3.92. The fourth-order valence-electron chi connectivity index (χ4n) is 1.24. The Labute approximate surface area is 100 Å². The Morgan fingerprint density at radius 2 is 2.12 bits per heavy atom. The minimum atomic E-state index is -3.65. The molecule has 6 nitrogen and oxygen atoms in total. The molecule has 1 rings (SSSR count). The largest absolute Gasteiger partial charge is 0.480 e. The van der Waals surface area contributed by atoms with Gasteiger partial charge in [0, 0.05) is 18.9 Å². The first-order valence-electron chi connectivity index (χ1n) is 5.19. The highest BCUT2D eigenvalue weighted by atomic mass is 32.2. The molecule has 0 aliphatic carbocycles. The molecule has 0 aliphatic heterocycles. The Bertz CT molecular complexity index is 476. The van der Waals surface area contributed by atoms with Crippen LogP contribution in [-0.2, 0) is 21.2 Å². The van der Waals surface area contributed by atoms with E-state index in [-0.39, 0.29) is 5.75 Å². The lowest BCUT2D eigenvalue weighted by Crippen LogP contribution is -2.42. The third-order valence-electron chi connectivity index (χ3n) is 2.68. The highest BCUT2D eigenvalue weighted by molar-refractivity contribution is 7.93. The van der Waals surface area contributed by atoms with Crippen LogP contribution in [0, 0.1) is 0 Å². The molecular weight excluding hydrogens is 244 g/mol. The number of hydrogen-bond donors (Lipinski definition) is 1. The van der Waals surface area contributed by atoms with Crippen molar-refractivity contribution in [3.8, 4) is 0 Å². The molecular formula is C10H16N2O4S. The van der Waals surface area contributed by atoms with Gasteiger partial charge in [0.2, 0.25) is 0 Å². The summed E-state index contributed by atoms with van der Waals surface area (Å²) in [5.74, 6) is -1.47. The maximum atomic E-state index is 11.8. The van der Waals surface area contributed by atoms with Crippen LogP contribution in [0.5, 0.6) is 0 Å². The number of sulfone groups is 1. The highest BCUT2D eigenvalue weighted by Crippen LogP contribution is 2.18. The molecule has 96 valence electrons. The predicted octanol–water partition coefficient (Wildman–Crippen LogP) is 0.551. The maximum Gasteiger partial charge on any atom is 0.324 e. The number of aromatic nitrogens is 2. The molecule has 0 unspecified atom stereocenters. The number of hydrogen-bond acceptors (Lipinski definition) is 4. The Hall–Kier alpha value is -1.37. The second-order valence-corrected chi connectivity index (χ2v) is 6.95. The van der Waals surface area contributed by atoms with Crippen molar-refractivity contribution in [2.75, 3.05) is 5.75 Å². The molecule has 0 bridgehead atoms. The van der Waals surface area contributed by atoms with Gasteiger partial charge in [-0.15, -0.1) is 0 Å². The smallest absolute Gasteiger partial charge is 0.324 e. The number of rotatable bonds is 6. The van der Waals surface area contributed by atoms with E-state index >= 15 is 0 Å². The number of aryl methyl sites for hydroxylation is 1. The van der Waals surface area contributed by atoms with Crippen molar-refractivity contribution in [1.29, 1.82) is 0 Å². The zero-order chi connectivity index (χ0) is 13.1. The minimum Gasteiger partial charge on any atom is -0.480 e. The average Bonchev–Trinajstić information content (AvgIpc) is 2.69. The van der Waals surface area contributed by atoms with E-state index in [0.29, 0.717) is 13.0 Å². The summed E-state index contributed by atoms with van der Waals surface area (Å²) in [6.07, 6.45) is 5.30. The average molecular weight is 260 g/mol. The molecule has 0 fully saturated rings. The van der Waals surface area contributed by atoms with E-state index in [9.17, 15) is 13.2 Å². The van der Waals surface area contributed by atoms with Crippen LogP contribution in [0.1, 0.15) is 20.3 Å². The van der Waals surface area contributed by atoms with Crippen LogP contribution < -0.4 is 0 Å². The Morgan fingerprint density at radius 1 is 1.47 bits per heavy atom. The summed E-state index contributed by atoms with van der Waals surface area (Å²) < 4.78 is 23.7. The van der Waals surface area contributed by atoms with E-state index in [1.54, 1.807) is 23.3 Å². The lowest BCUT2D eigenvalue weighted by atomic mass is 10.2. The monoisotopic (exact) mass is 260 g/mol. The first-order valence-corrected chi connectivity index (χ1v) is 6.84. The number of carboxylic acid groups (broad SMARTS) is 1. The minimum absolute atomic E-state index is 0.148. The SMILES string of the molecule is CC(C)(C(=O)O)S(=O)(=O)CCCn1ccnc1. The molecule has 1 aromatic rings. The van der Waals surface area contributed by atoms with E-state index in [1.165, 1.54) is 13.8 Å². The van der Waals surface area contributed by atoms with Gasteiger partial charge in [-0.05, 0) is 20.3 Å². The van der Waals surface area contributed by atoms with Crippen molar-refractivity contribution in [3.63, 3.8) is 0 Å². The molecule has 0 saturated heterocycles. The molecule has 1 aromatic heterocycles. The number of aliphatic carboxylic acids is 1. The third kappa shape index (κ3) is 3.06. The number of carboxylic acids is 1. The first kappa shape index (κ1) is 13.7. The van der Waals surface area contributed by atoms with Crippen molar-refractivity contribution < 1.29 is 18.3 Å². The van der Waals surface area contributed by atoms with Gasteiger partial charge >= 0.3 is 5.97 Å². The van der Waals surface area contributed by atoms with Gasteiger partial charge < -0.3 is 9.67 Å². The second kappa shape index (κ2) is 4.87. The third-order valence-corrected chi connectivity index (χ3v) is 5.24. The van der Waals surface area contributed by atoms with Gasteiger partial charge in [-0.2, -0.15) is 0 Å². The highest BCUT2D eigenvalue weighted by Gasteiger charge is 2.41. The second-order valence-electron chi connectivity index (χ2n) is 4.29. The summed E-state index contributed by atoms with van der Waals surface area (Å²) >= 11 is 0. The van der Waals surface area contributed by atoms with Crippen LogP contribution in [0.25, 0.3) is 0 Å². The molecule has 1 N–H and O–H groups in total. The quantitative estimate of drug-likeness (QED) is 0.806. The Balaban J connectivity index is 2.59. The van der Waals surface area contributed by atoms with Gasteiger partial charge in [-0.3, -0.25) is 4.79 Å². The lowest BCUT2D eigenvalue weighted by molar-refractivity contribution is -0.139. The first-order chi connectivity index (χ1) is 7.77. The standard InChI is InChI=1S/C10H16N2O4S/c1-10(2,9(13)14)17(15,16)7-3-5-12-6-4-11-8-12/h4,6,8H,3,5,7H2,1-2H3,(H,13,14). The zero-order valence-corrected chi connectivity index (χ0v) is 10.6. The number of imidazole rings is 1. The van der Waals surface area contributed by atoms with Crippen molar-refractivity contribution in [2.45, 2.75) is 31.6 Å². The molecule has 0 aliphatic rings. The molecule has 0 amide bonds. The van der Waals surface area contributed by atoms with E-state index < -0.39 is 20.6 Å². The van der Waals surface area contributed by atoms with Crippen LogP contribution >= 0.6 is 0 Å². The van der Waals surface area contributed by atoms with Crippen molar-refractivity contribution in [1.82, 2.24) is 9.55 Å². The summed E-state index contributed by atoms with van der Waals surface area (Å²) in [5, 5.41) is 8.87. The molecule has 17 heavy (non-hydrogen) atoms. The normalized spacial score (nSPS) is 12.6. The molecule has 0 spiro atoms. The van der Waals surface area contributed by atoms with Crippen LogP contribution in [0.4, 0.5) is 0 Å². The molecule has 0 aromatic carbocycles. The maximum absolute atomic E-state index is 11.8. The van der Waals surface area contributed by atoms with Gasteiger partial charge in [-0.25, -0.2) is 13.4 Å². The topological polar surface area (TPSA) is 89.3 Å². The summed E-state index contributed by atoms with van der Waals surface area (Å²) in [6, 6.07) is 0. The summed E-state index contributed by atoms with van der Waals surface area (Å²) in [4.78, 5) is 14.7. The number of carbonyl (C=O) groups is 1. The van der Waals surface area contributed by atoms with E-state index in [2.05, 4.69) is 4.98 Å². The van der Waals surface area contributed by atoms with Gasteiger partial charge in [0.15, 0.2) is 14.6 Å². The van der Waals surface area contributed by atoms with Crippen molar-refractivity contribution in [2.24, 2.45) is 0 Å². The van der Waals surface area contributed by atoms with Crippen molar-refractivity contribution >= 4 is 15.8 Å². The molecule has 0 atom stereocenters. The van der Waals surface area contributed by atoms with E-state index in [1.807, 2.05) is 0 Å². The summed E-state index contributed by atoms with van der Waals surface area (Å²) in [6.45, 7) is 2.93. The molecule has 0 radical (unpaired) electrons. The fraction of sp³-hybridized carbons (Fsp3) is 0.600.